The monoisotopic (exact) mass is 283 g/mol. The predicted molar refractivity (Wildman–Crippen MR) is 76.9 cm³/mol. The van der Waals surface area contributed by atoms with Crippen LogP contribution in [0, 0.1) is 0 Å². The number of carbonyl (C=O) groups excluding carboxylic acids is 1. The average molecular weight is 283 g/mol. The third-order valence-corrected chi connectivity index (χ3v) is 4.18. The van der Waals surface area contributed by atoms with E-state index in [1.807, 2.05) is 0 Å². The van der Waals surface area contributed by atoms with E-state index >= 15 is 0 Å². The minimum Gasteiger partial charge on any atom is -0.350 e. The van der Waals surface area contributed by atoms with Gasteiger partial charge < -0.3 is 15.1 Å². The SMILES string of the molecule is CCCCNC(=O)c1nnc(N2CCN(C)CC2)s1. The molecule has 2 heterocycles. The van der Waals surface area contributed by atoms with Gasteiger partial charge in [-0.3, -0.25) is 4.79 Å². The molecule has 0 bridgehead atoms. The van der Waals surface area contributed by atoms with Crippen molar-refractivity contribution in [1.29, 1.82) is 0 Å². The maximum atomic E-state index is 11.8. The summed E-state index contributed by atoms with van der Waals surface area (Å²) >= 11 is 1.38. The number of carbonyl (C=O) groups is 1. The number of anilines is 1. The Morgan fingerprint density at radius 2 is 2.05 bits per heavy atom. The van der Waals surface area contributed by atoms with Gasteiger partial charge in [-0.2, -0.15) is 0 Å². The van der Waals surface area contributed by atoms with E-state index in [0.717, 1.165) is 44.2 Å². The molecule has 0 saturated carbocycles. The first-order valence-electron chi connectivity index (χ1n) is 6.76. The topological polar surface area (TPSA) is 61.4 Å². The molecular formula is C12H21N5OS. The molecule has 1 amide bonds. The highest BCUT2D eigenvalue weighted by molar-refractivity contribution is 7.17. The number of nitrogens with zero attached hydrogens (tertiary/aromatic N) is 4. The van der Waals surface area contributed by atoms with E-state index in [9.17, 15) is 4.79 Å². The molecule has 1 fully saturated rings. The van der Waals surface area contributed by atoms with E-state index in [2.05, 4.69) is 39.3 Å². The molecule has 0 spiro atoms. The quantitative estimate of drug-likeness (QED) is 0.811. The summed E-state index contributed by atoms with van der Waals surface area (Å²) < 4.78 is 0. The normalized spacial score (nSPS) is 16.6. The van der Waals surface area contributed by atoms with Crippen LogP contribution < -0.4 is 10.2 Å². The van der Waals surface area contributed by atoms with Crippen LogP contribution in [0.1, 0.15) is 29.6 Å². The number of rotatable bonds is 5. The van der Waals surface area contributed by atoms with Crippen LogP contribution in [-0.2, 0) is 0 Å². The maximum Gasteiger partial charge on any atom is 0.282 e. The van der Waals surface area contributed by atoms with Crippen molar-refractivity contribution in [2.24, 2.45) is 0 Å². The lowest BCUT2D eigenvalue weighted by Gasteiger charge is -2.31. The van der Waals surface area contributed by atoms with Gasteiger partial charge in [0.1, 0.15) is 0 Å². The molecule has 1 aliphatic rings. The van der Waals surface area contributed by atoms with Crippen LogP contribution in [0.2, 0.25) is 0 Å². The van der Waals surface area contributed by atoms with Crippen molar-refractivity contribution in [3.63, 3.8) is 0 Å². The molecule has 7 heteroatoms. The molecule has 0 atom stereocenters. The molecule has 1 N–H and O–H groups in total. The number of likely N-dealkylation sites (N-methyl/N-ethyl adjacent to an activating group) is 1. The van der Waals surface area contributed by atoms with Gasteiger partial charge in [-0.25, -0.2) is 0 Å². The van der Waals surface area contributed by atoms with E-state index in [1.54, 1.807) is 0 Å². The van der Waals surface area contributed by atoms with Crippen molar-refractivity contribution >= 4 is 22.4 Å². The number of piperazine rings is 1. The lowest BCUT2D eigenvalue weighted by Crippen LogP contribution is -2.44. The zero-order valence-electron chi connectivity index (χ0n) is 11.6. The molecule has 106 valence electrons. The summed E-state index contributed by atoms with van der Waals surface area (Å²) in [6.07, 6.45) is 2.07. The molecule has 0 aromatic carbocycles. The van der Waals surface area contributed by atoms with Crippen molar-refractivity contribution < 1.29 is 4.79 Å². The van der Waals surface area contributed by atoms with Crippen LogP contribution in [-0.4, -0.2) is 60.8 Å². The number of hydrogen-bond donors (Lipinski definition) is 1. The predicted octanol–water partition coefficient (Wildman–Crippen LogP) is 0.820. The van der Waals surface area contributed by atoms with Gasteiger partial charge in [-0.15, -0.1) is 10.2 Å². The first-order valence-corrected chi connectivity index (χ1v) is 7.57. The van der Waals surface area contributed by atoms with Gasteiger partial charge in [0.05, 0.1) is 0 Å². The minimum absolute atomic E-state index is 0.105. The van der Waals surface area contributed by atoms with Crippen LogP contribution in [0.5, 0.6) is 0 Å². The fraction of sp³-hybridized carbons (Fsp3) is 0.750. The zero-order valence-corrected chi connectivity index (χ0v) is 12.4. The van der Waals surface area contributed by atoms with Gasteiger partial charge in [0.25, 0.3) is 5.91 Å². The van der Waals surface area contributed by atoms with Crippen molar-refractivity contribution in [1.82, 2.24) is 20.4 Å². The standard InChI is InChI=1S/C12H21N5OS/c1-3-4-5-13-10(18)11-14-15-12(19-11)17-8-6-16(2)7-9-17/h3-9H2,1-2H3,(H,13,18). The summed E-state index contributed by atoms with van der Waals surface area (Å²) in [5.41, 5.74) is 0. The van der Waals surface area contributed by atoms with E-state index in [0.29, 0.717) is 11.6 Å². The van der Waals surface area contributed by atoms with Gasteiger partial charge in [0, 0.05) is 32.7 Å². The minimum atomic E-state index is -0.105. The lowest BCUT2D eigenvalue weighted by atomic mass is 10.3. The Labute approximate surface area is 117 Å². The number of nitrogens with one attached hydrogen (secondary N) is 1. The number of unbranched alkanes of at least 4 members (excludes halogenated alkanes) is 1. The van der Waals surface area contributed by atoms with Crippen LogP contribution in [0.4, 0.5) is 5.13 Å². The Morgan fingerprint density at radius 3 is 2.74 bits per heavy atom. The van der Waals surface area contributed by atoms with Gasteiger partial charge in [0.2, 0.25) is 10.1 Å². The zero-order chi connectivity index (χ0) is 13.7. The first-order chi connectivity index (χ1) is 9.20. The van der Waals surface area contributed by atoms with Gasteiger partial charge in [-0.05, 0) is 13.5 Å². The maximum absolute atomic E-state index is 11.8. The lowest BCUT2D eigenvalue weighted by molar-refractivity contribution is 0.0952. The van der Waals surface area contributed by atoms with Gasteiger partial charge in [0.15, 0.2) is 0 Å². The highest BCUT2D eigenvalue weighted by Crippen LogP contribution is 2.21. The Kier molecular flexibility index (Phi) is 5.09. The van der Waals surface area contributed by atoms with Crippen LogP contribution >= 0.6 is 11.3 Å². The van der Waals surface area contributed by atoms with Crippen molar-refractivity contribution in [2.45, 2.75) is 19.8 Å². The average Bonchev–Trinajstić information content (AvgIpc) is 2.89. The third kappa shape index (κ3) is 3.87. The Morgan fingerprint density at radius 1 is 1.32 bits per heavy atom. The number of hydrogen-bond acceptors (Lipinski definition) is 6. The molecule has 0 aliphatic carbocycles. The van der Waals surface area contributed by atoms with Crippen molar-refractivity contribution in [3.05, 3.63) is 5.01 Å². The fourth-order valence-corrected chi connectivity index (χ4v) is 2.70. The second kappa shape index (κ2) is 6.81. The number of amides is 1. The second-order valence-electron chi connectivity index (χ2n) is 4.79. The molecule has 2 rings (SSSR count). The third-order valence-electron chi connectivity index (χ3n) is 3.20. The molecule has 19 heavy (non-hydrogen) atoms. The van der Waals surface area contributed by atoms with Gasteiger partial charge >= 0.3 is 0 Å². The van der Waals surface area contributed by atoms with E-state index < -0.39 is 0 Å². The van der Waals surface area contributed by atoms with E-state index in [-0.39, 0.29) is 5.91 Å². The fourth-order valence-electron chi connectivity index (χ4n) is 1.89. The highest BCUT2D eigenvalue weighted by atomic mass is 32.1. The summed E-state index contributed by atoms with van der Waals surface area (Å²) in [5, 5.41) is 12.3. The van der Waals surface area contributed by atoms with Crippen LogP contribution in [0.3, 0.4) is 0 Å². The Hall–Kier alpha value is -1.21. The summed E-state index contributed by atoms with van der Waals surface area (Å²) in [7, 11) is 2.12. The van der Waals surface area contributed by atoms with Crippen LogP contribution in [0.15, 0.2) is 0 Å². The van der Waals surface area contributed by atoms with Crippen LogP contribution in [0.25, 0.3) is 0 Å². The molecule has 0 radical (unpaired) electrons. The van der Waals surface area contributed by atoms with Gasteiger partial charge in [-0.1, -0.05) is 24.7 Å². The molecule has 1 aromatic heterocycles. The number of aromatic nitrogens is 2. The second-order valence-corrected chi connectivity index (χ2v) is 5.75. The van der Waals surface area contributed by atoms with Crippen molar-refractivity contribution in [2.75, 3.05) is 44.7 Å². The van der Waals surface area contributed by atoms with E-state index in [1.165, 1.54) is 11.3 Å². The summed E-state index contributed by atoms with van der Waals surface area (Å²) in [6.45, 7) is 6.75. The summed E-state index contributed by atoms with van der Waals surface area (Å²) in [4.78, 5) is 16.3. The Balaban J connectivity index is 1.89. The highest BCUT2D eigenvalue weighted by Gasteiger charge is 2.19. The molecule has 1 saturated heterocycles. The molecule has 0 unspecified atom stereocenters. The van der Waals surface area contributed by atoms with Crippen molar-refractivity contribution in [3.8, 4) is 0 Å². The summed E-state index contributed by atoms with van der Waals surface area (Å²) in [6, 6.07) is 0. The van der Waals surface area contributed by atoms with E-state index in [4.69, 9.17) is 0 Å². The molecule has 1 aliphatic heterocycles. The molecular weight excluding hydrogens is 262 g/mol. The summed E-state index contributed by atoms with van der Waals surface area (Å²) in [5.74, 6) is -0.105. The smallest absolute Gasteiger partial charge is 0.282 e. The Bertz CT molecular complexity index is 414. The largest absolute Gasteiger partial charge is 0.350 e. The first kappa shape index (κ1) is 14.2. The molecule has 1 aromatic rings. The molecule has 6 nitrogen and oxygen atoms in total.